The van der Waals surface area contributed by atoms with Crippen LogP contribution in [0, 0.1) is 5.82 Å². The Kier molecular flexibility index (Phi) is 4.93. The third kappa shape index (κ3) is 3.88. The number of carbonyl (C=O) groups is 1. The van der Waals surface area contributed by atoms with Gasteiger partial charge in [0.2, 0.25) is 5.91 Å². The number of benzene rings is 1. The minimum atomic E-state index is -0.334. The summed E-state index contributed by atoms with van der Waals surface area (Å²) in [5, 5.41) is 6.95. The van der Waals surface area contributed by atoms with Gasteiger partial charge < -0.3 is 9.84 Å². The van der Waals surface area contributed by atoms with Gasteiger partial charge in [0, 0.05) is 36.8 Å². The summed E-state index contributed by atoms with van der Waals surface area (Å²) in [5.74, 6) is 0.352. The molecule has 1 N–H and O–H groups in total. The molecule has 6 nitrogen and oxygen atoms in total. The second-order valence-electron chi connectivity index (χ2n) is 6.47. The van der Waals surface area contributed by atoms with Gasteiger partial charge in [-0.25, -0.2) is 4.39 Å². The smallest absolute Gasteiger partial charge is 0.234 e. The van der Waals surface area contributed by atoms with Crippen molar-refractivity contribution in [3.63, 3.8) is 0 Å². The van der Waals surface area contributed by atoms with Crippen LogP contribution in [0.25, 0.3) is 11.3 Å². The van der Waals surface area contributed by atoms with Crippen LogP contribution in [0.1, 0.15) is 17.0 Å². The lowest BCUT2D eigenvalue weighted by Gasteiger charge is -2.25. The number of fused-ring (bicyclic) bond motifs is 1. The van der Waals surface area contributed by atoms with Crippen molar-refractivity contribution in [1.29, 1.82) is 0 Å². The van der Waals surface area contributed by atoms with Crippen LogP contribution >= 0.6 is 0 Å². The Morgan fingerprint density at radius 3 is 2.89 bits per heavy atom. The molecule has 1 aromatic carbocycles. The number of nitrogens with zero attached hydrogens (tertiary/aromatic N) is 3. The molecular formula is C20H19FN4O2. The van der Waals surface area contributed by atoms with E-state index in [0.717, 1.165) is 17.0 Å². The van der Waals surface area contributed by atoms with E-state index in [0.29, 0.717) is 37.3 Å². The molecule has 0 aliphatic carbocycles. The lowest BCUT2D eigenvalue weighted by Crippen LogP contribution is -2.39. The SMILES string of the molecule is O=C(CN1CCc2onc(-c3ccccc3F)c2C1)NCc1ccccn1. The lowest BCUT2D eigenvalue weighted by atomic mass is 10.0. The van der Waals surface area contributed by atoms with Crippen molar-refractivity contribution in [2.75, 3.05) is 13.1 Å². The summed E-state index contributed by atoms with van der Waals surface area (Å²) in [6, 6.07) is 12.1. The highest BCUT2D eigenvalue weighted by atomic mass is 19.1. The van der Waals surface area contributed by atoms with Crippen LogP contribution in [0.4, 0.5) is 4.39 Å². The Morgan fingerprint density at radius 1 is 1.22 bits per heavy atom. The molecule has 1 amide bonds. The predicted molar refractivity (Wildman–Crippen MR) is 97.0 cm³/mol. The van der Waals surface area contributed by atoms with Crippen LogP contribution in [0.3, 0.4) is 0 Å². The Hall–Kier alpha value is -3.06. The second-order valence-corrected chi connectivity index (χ2v) is 6.47. The van der Waals surface area contributed by atoms with E-state index in [1.54, 1.807) is 24.4 Å². The second kappa shape index (κ2) is 7.67. The van der Waals surface area contributed by atoms with Gasteiger partial charge in [0.1, 0.15) is 17.3 Å². The first kappa shape index (κ1) is 17.4. The lowest BCUT2D eigenvalue weighted by molar-refractivity contribution is -0.122. The van der Waals surface area contributed by atoms with Crippen molar-refractivity contribution in [2.45, 2.75) is 19.5 Å². The number of rotatable bonds is 5. The number of hydrogen-bond donors (Lipinski definition) is 1. The minimum absolute atomic E-state index is 0.0759. The van der Waals surface area contributed by atoms with E-state index in [-0.39, 0.29) is 18.3 Å². The van der Waals surface area contributed by atoms with Gasteiger partial charge >= 0.3 is 0 Å². The van der Waals surface area contributed by atoms with E-state index in [4.69, 9.17) is 4.52 Å². The molecule has 2 aromatic heterocycles. The monoisotopic (exact) mass is 366 g/mol. The Bertz CT molecular complexity index is 942. The highest BCUT2D eigenvalue weighted by molar-refractivity contribution is 5.78. The maximum Gasteiger partial charge on any atom is 0.234 e. The molecule has 0 saturated carbocycles. The minimum Gasteiger partial charge on any atom is -0.360 e. The van der Waals surface area contributed by atoms with Crippen molar-refractivity contribution < 1.29 is 13.7 Å². The molecule has 0 atom stereocenters. The summed E-state index contributed by atoms with van der Waals surface area (Å²) in [6.07, 6.45) is 2.34. The van der Waals surface area contributed by atoms with Gasteiger partial charge in [-0.2, -0.15) is 0 Å². The summed E-state index contributed by atoms with van der Waals surface area (Å²) in [6.45, 7) is 1.84. The molecule has 1 aliphatic rings. The van der Waals surface area contributed by atoms with Crippen molar-refractivity contribution in [3.8, 4) is 11.3 Å². The van der Waals surface area contributed by atoms with Crippen molar-refractivity contribution in [3.05, 3.63) is 71.5 Å². The summed E-state index contributed by atoms with van der Waals surface area (Å²) >= 11 is 0. The molecule has 138 valence electrons. The average molecular weight is 366 g/mol. The molecule has 0 spiro atoms. The number of carbonyl (C=O) groups excluding carboxylic acids is 1. The Morgan fingerprint density at radius 2 is 2.07 bits per heavy atom. The molecule has 4 rings (SSSR count). The Balaban J connectivity index is 1.42. The fourth-order valence-electron chi connectivity index (χ4n) is 3.22. The number of hydrogen-bond acceptors (Lipinski definition) is 5. The summed E-state index contributed by atoms with van der Waals surface area (Å²) in [5.41, 5.74) is 2.60. The maximum atomic E-state index is 14.1. The van der Waals surface area contributed by atoms with Gasteiger partial charge in [-0.15, -0.1) is 0 Å². The summed E-state index contributed by atoms with van der Waals surface area (Å²) in [7, 11) is 0. The number of amides is 1. The van der Waals surface area contributed by atoms with E-state index in [1.165, 1.54) is 6.07 Å². The summed E-state index contributed by atoms with van der Waals surface area (Å²) < 4.78 is 19.5. The van der Waals surface area contributed by atoms with Crippen LogP contribution in [-0.2, 0) is 24.3 Å². The van der Waals surface area contributed by atoms with E-state index < -0.39 is 0 Å². The predicted octanol–water partition coefficient (Wildman–Crippen LogP) is 2.55. The maximum absolute atomic E-state index is 14.1. The first-order chi connectivity index (χ1) is 13.2. The normalized spacial score (nSPS) is 14.0. The van der Waals surface area contributed by atoms with Gasteiger partial charge in [0.05, 0.1) is 18.8 Å². The van der Waals surface area contributed by atoms with Crippen molar-refractivity contribution in [2.24, 2.45) is 0 Å². The molecule has 27 heavy (non-hydrogen) atoms. The molecule has 0 saturated heterocycles. The highest BCUT2D eigenvalue weighted by Gasteiger charge is 2.26. The molecular weight excluding hydrogens is 347 g/mol. The quantitative estimate of drug-likeness (QED) is 0.751. The van der Waals surface area contributed by atoms with Gasteiger partial charge in [-0.05, 0) is 24.3 Å². The third-order valence-corrected chi connectivity index (χ3v) is 4.60. The van der Waals surface area contributed by atoms with E-state index in [9.17, 15) is 9.18 Å². The van der Waals surface area contributed by atoms with Gasteiger partial charge in [0.25, 0.3) is 0 Å². The van der Waals surface area contributed by atoms with E-state index >= 15 is 0 Å². The molecule has 0 unspecified atom stereocenters. The molecule has 0 fully saturated rings. The molecule has 0 radical (unpaired) electrons. The van der Waals surface area contributed by atoms with Crippen LogP contribution < -0.4 is 5.32 Å². The molecule has 3 heterocycles. The van der Waals surface area contributed by atoms with E-state index in [1.807, 2.05) is 23.1 Å². The van der Waals surface area contributed by atoms with Gasteiger partial charge in [-0.3, -0.25) is 14.7 Å². The van der Waals surface area contributed by atoms with E-state index in [2.05, 4.69) is 15.5 Å². The van der Waals surface area contributed by atoms with Crippen molar-refractivity contribution >= 4 is 5.91 Å². The standard InChI is InChI=1S/C20H19FN4O2/c21-17-7-2-1-6-15(17)20-16-12-25(10-8-18(16)27-24-20)13-19(26)23-11-14-5-3-4-9-22-14/h1-7,9H,8,10-13H2,(H,23,26). The fourth-order valence-corrected chi connectivity index (χ4v) is 3.22. The van der Waals surface area contributed by atoms with Crippen LogP contribution in [-0.4, -0.2) is 34.0 Å². The number of aromatic nitrogens is 2. The first-order valence-electron chi connectivity index (χ1n) is 8.82. The van der Waals surface area contributed by atoms with Gasteiger partial charge in [0.15, 0.2) is 0 Å². The fraction of sp³-hybridized carbons (Fsp3) is 0.250. The van der Waals surface area contributed by atoms with Crippen LogP contribution in [0.2, 0.25) is 0 Å². The zero-order valence-electron chi connectivity index (χ0n) is 14.7. The van der Waals surface area contributed by atoms with Crippen LogP contribution in [0.15, 0.2) is 53.2 Å². The highest BCUT2D eigenvalue weighted by Crippen LogP contribution is 2.31. The zero-order chi connectivity index (χ0) is 18.6. The molecule has 3 aromatic rings. The topological polar surface area (TPSA) is 71.3 Å². The zero-order valence-corrected chi connectivity index (χ0v) is 14.7. The largest absolute Gasteiger partial charge is 0.360 e. The summed E-state index contributed by atoms with van der Waals surface area (Å²) in [4.78, 5) is 18.5. The van der Waals surface area contributed by atoms with Crippen molar-refractivity contribution in [1.82, 2.24) is 20.4 Å². The molecule has 1 aliphatic heterocycles. The average Bonchev–Trinajstić information content (AvgIpc) is 3.11. The number of halogens is 1. The molecule has 7 heteroatoms. The molecule has 0 bridgehead atoms. The van der Waals surface area contributed by atoms with Gasteiger partial charge in [-0.1, -0.05) is 23.4 Å². The number of nitrogens with one attached hydrogen (secondary N) is 1. The first-order valence-corrected chi connectivity index (χ1v) is 8.82. The van der Waals surface area contributed by atoms with Crippen LogP contribution in [0.5, 0.6) is 0 Å². The number of pyridine rings is 1. The Labute approximate surface area is 156 Å². The third-order valence-electron chi connectivity index (χ3n) is 4.60.